The number of rotatable bonds is 3. The number of carbonyl (C=O) groups excluding carboxylic acids is 1. The lowest BCUT2D eigenvalue weighted by Crippen LogP contribution is -2.03. The molecule has 0 N–H and O–H groups in total. The van der Waals surface area contributed by atoms with Gasteiger partial charge in [0.15, 0.2) is 5.78 Å². The van der Waals surface area contributed by atoms with Gasteiger partial charge in [0.25, 0.3) is 0 Å². The van der Waals surface area contributed by atoms with E-state index in [1.165, 1.54) is 12.1 Å². The molecular formula is C14H10FIO. The quantitative estimate of drug-likeness (QED) is 0.613. The minimum atomic E-state index is -0.282. The van der Waals surface area contributed by atoms with E-state index in [0.29, 0.717) is 12.0 Å². The zero-order valence-corrected chi connectivity index (χ0v) is 11.1. The molecule has 0 spiro atoms. The van der Waals surface area contributed by atoms with Crippen LogP contribution in [0, 0.1) is 9.39 Å². The summed E-state index contributed by atoms with van der Waals surface area (Å²) in [5.41, 5.74) is 1.52. The topological polar surface area (TPSA) is 17.1 Å². The summed E-state index contributed by atoms with van der Waals surface area (Å²) in [4.78, 5) is 12.0. The Kier molecular flexibility index (Phi) is 3.89. The third-order valence-corrected chi connectivity index (χ3v) is 3.10. The van der Waals surface area contributed by atoms with Crippen LogP contribution in [0.4, 0.5) is 4.39 Å². The molecular weight excluding hydrogens is 330 g/mol. The van der Waals surface area contributed by atoms with Gasteiger partial charge in [-0.05, 0) is 52.4 Å². The van der Waals surface area contributed by atoms with Crippen molar-refractivity contribution in [3.05, 3.63) is 69.0 Å². The van der Waals surface area contributed by atoms with E-state index in [9.17, 15) is 9.18 Å². The SMILES string of the molecule is O=C(Cc1ccc(F)cc1)c1cccc(I)c1. The first kappa shape index (κ1) is 12.2. The number of hydrogen-bond donors (Lipinski definition) is 0. The van der Waals surface area contributed by atoms with E-state index < -0.39 is 0 Å². The van der Waals surface area contributed by atoms with E-state index in [0.717, 1.165) is 9.13 Å². The lowest BCUT2D eigenvalue weighted by molar-refractivity contribution is 0.0993. The molecule has 0 aliphatic rings. The lowest BCUT2D eigenvalue weighted by Gasteiger charge is -2.02. The van der Waals surface area contributed by atoms with Gasteiger partial charge < -0.3 is 0 Å². The highest BCUT2D eigenvalue weighted by Crippen LogP contribution is 2.12. The van der Waals surface area contributed by atoms with E-state index in [-0.39, 0.29) is 11.6 Å². The minimum Gasteiger partial charge on any atom is -0.294 e. The average Bonchev–Trinajstić information content (AvgIpc) is 2.32. The van der Waals surface area contributed by atoms with Crippen molar-refractivity contribution in [2.24, 2.45) is 0 Å². The fraction of sp³-hybridized carbons (Fsp3) is 0.0714. The van der Waals surface area contributed by atoms with Crippen LogP contribution in [-0.2, 0) is 6.42 Å². The van der Waals surface area contributed by atoms with Crippen LogP contribution >= 0.6 is 22.6 Å². The number of hydrogen-bond acceptors (Lipinski definition) is 1. The van der Waals surface area contributed by atoms with Gasteiger partial charge in [-0.25, -0.2) is 4.39 Å². The molecule has 0 unspecified atom stereocenters. The van der Waals surface area contributed by atoms with Gasteiger partial charge in [-0.1, -0.05) is 24.3 Å². The van der Waals surface area contributed by atoms with Crippen molar-refractivity contribution in [3.63, 3.8) is 0 Å². The Bertz CT molecular complexity index is 534. The number of Topliss-reactive ketones (excluding diaryl/α,β-unsaturated/α-hetero) is 1. The summed E-state index contributed by atoms with van der Waals surface area (Å²) in [7, 11) is 0. The molecule has 2 aromatic carbocycles. The Morgan fingerprint density at radius 3 is 2.47 bits per heavy atom. The summed E-state index contributed by atoms with van der Waals surface area (Å²) in [6.45, 7) is 0. The van der Waals surface area contributed by atoms with Gasteiger partial charge in [0.2, 0.25) is 0 Å². The van der Waals surface area contributed by atoms with Crippen molar-refractivity contribution < 1.29 is 9.18 Å². The zero-order valence-electron chi connectivity index (χ0n) is 8.99. The molecule has 0 aromatic heterocycles. The van der Waals surface area contributed by atoms with Gasteiger partial charge in [-0.15, -0.1) is 0 Å². The maximum atomic E-state index is 12.7. The minimum absolute atomic E-state index is 0.0510. The monoisotopic (exact) mass is 340 g/mol. The van der Waals surface area contributed by atoms with Crippen LogP contribution in [0.15, 0.2) is 48.5 Å². The van der Waals surface area contributed by atoms with Crippen LogP contribution in [-0.4, -0.2) is 5.78 Å². The van der Waals surface area contributed by atoms with Crippen LogP contribution in [0.2, 0.25) is 0 Å². The first-order valence-corrected chi connectivity index (χ1v) is 6.26. The largest absolute Gasteiger partial charge is 0.294 e. The Morgan fingerprint density at radius 2 is 1.82 bits per heavy atom. The third-order valence-electron chi connectivity index (χ3n) is 2.42. The molecule has 0 radical (unpaired) electrons. The van der Waals surface area contributed by atoms with Crippen LogP contribution in [0.1, 0.15) is 15.9 Å². The molecule has 0 saturated heterocycles. The summed E-state index contributed by atoms with van der Waals surface area (Å²) in [6, 6.07) is 13.5. The standard InChI is InChI=1S/C14H10FIO/c15-12-6-4-10(5-7-12)8-14(17)11-2-1-3-13(16)9-11/h1-7,9H,8H2. The normalized spacial score (nSPS) is 10.2. The molecule has 2 rings (SSSR count). The van der Waals surface area contributed by atoms with E-state index in [1.807, 2.05) is 18.2 Å². The summed E-state index contributed by atoms with van der Waals surface area (Å²) >= 11 is 2.17. The second-order valence-corrected chi connectivity index (χ2v) is 4.98. The van der Waals surface area contributed by atoms with Gasteiger partial charge in [-0.3, -0.25) is 4.79 Å². The predicted octanol–water partition coefficient (Wildman–Crippen LogP) is 3.86. The predicted molar refractivity (Wildman–Crippen MR) is 73.6 cm³/mol. The van der Waals surface area contributed by atoms with E-state index in [1.54, 1.807) is 18.2 Å². The van der Waals surface area contributed by atoms with E-state index >= 15 is 0 Å². The summed E-state index contributed by atoms with van der Waals surface area (Å²) in [5.74, 6) is -0.231. The molecule has 86 valence electrons. The molecule has 0 fully saturated rings. The molecule has 0 aliphatic carbocycles. The van der Waals surface area contributed by atoms with Crippen molar-refractivity contribution in [3.8, 4) is 0 Å². The fourth-order valence-electron chi connectivity index (χ4n) is 1.55. The highest BCUT2D eigenvalue weighted by Gasteiger charge is 2.07. The molecule has 0 saturated carbocycles. The Labute approximate surface area is 113 Å². The fourth-order valence-corrected chi connectivity index (χ4v) is 2.09. The molecule has 17 heavy (non-hydrogen) atoms. The van der Waals surface area contributed by atoms with Crippen molar-refractivity contribution in [1.29, 1.82) is 0 Å². The van der Waals surface area contributed by atoms with Gasteiger partial charge in [0.1, 0.15) is 5.82 Å². The molecule has 3 heteroatoms. The Hall–Kier alpha value is -1.23. The number of ketones is 1. The lowest BCUT2D eigenvalue weighted by atomic mass is 10.0. The first-order chi connectivity index (χ1) is 8.15. The van der Waals surface area contributed by atoms with Gasteiger partial charge in [-0.2, -0.15) is 0 Å². The highest BCUT2D eigenvalue weighted by atomic mass is 127. The first-order valence-electron chi connectivity index (χ1n) is 5.18. The van der Waals surface area contributed by atoms with Crippen LogP contribution < -0.4 is 0 Å². The highest BCUT2D eigenvalue weighted by molar-refractivity contribution is 14.1. The average molecular weight is 340 g/mol. The van der Waals surface area contributed by atoms with E-state index in [2.05, 4.69) is 22.6 Å². The molecule has 0 atom stereocenters. The van der Waals surface area contributed by atoms with Crippen molar-refractivity contribution >= 4 is 28.4 Å². The second-order valence-electron chi connectivity index (χ2n) is 3.74. The maximum Gasteiger partial charge on any atom is 0.167 e. The molecule has 0 bridgehead atoms. The van der Waals surface area contributed by atoms with Gasteiger partial charge in [0.05, 0.1) is 0 Å². The van der Waals surface area contributed by atoms with Crippen LogP contribution in [0.25, 0.3) is 0 Å². The Morgan fingerprint density at radius 1 is 1.12 bits per heavy atom. The molecule has 0 amide bonds. The van der Waals surface area contributed by atoms with Gasteiger partial charge in [0, 0.05) is 15.6 Å². The smallest absolute Gasteiger partial charge is 0.167 e. The molecule has 0 aliphatic heterocycles. The third kappa shape index (κ3) is 3.36. The number of halogens is 2. The summed E-state index contributed by atoms with van der Waals surface area (Å²) in [6.07, 6.45) is 0.306. The summed E-state index contributed by atoms with van der Waals surface area (Å²) in [5, 5.41) is 0. The zero-order chi connectivity index (χ0) is 12.3. The van der Waals surface area contributed by atoms with Crippen LogP contribution in [0.5, 0.6) is 0 Å². The second kappa shape index (κ2) is 5.40. The van der Waals surface area contributed by atoms with Crippen molar-refractivity contribution in [2.45, 2.75) is 6.42 Å². The number of benzene rings is 2. The van der Waals surface area contributed by atoms with E-state index in [4.69, 9.17) is 0 Å². The molecule has 0 heterocycles. The molecule has 1 nitrogen and oxygen atoms in total. The number of carbonyl (C=O) groups is 1. The van der Waals surface area contributed by atoms with Crippen LogP contribution in [0.3, 0.4) is 0 Å². The molecule has 2 aromatic rings. The Balaban J connectivity index is 2.14. The maximum absolute atomic E-state index is 12.7. The van der Waals surface area contributed by atoms with Crippen molar-refractivity contribution in [1.82, 2.24) is 0 Å². The summed E-state index contributed by atoms with van der Waals surface area (Å²) < 4.78 is 13.7. The van der Waals surface area contributed by atoms with Gasteiger partial charge >= 0.3 is 0 Å². The van der Waals surface area contributed by atoms with Crippen molar-refractivity contribution in [2.75, 3.05) is 0 Å².